The highest BCUT2D eigenvalue weighted by molar-refractivity contribution is 5.77. The molecule has 0 unspecified atom stereocenters. The van der Waals surface area contributed by atoms with Gasteiger partial charge in [0.2, 0.25) is 5.43 Å². The molecule has 0 aliphatic rings. The Labute approximate surface area is 121 Å². The molecule has 0 aliphatic heterocycles. The van der Waals surface area contributed by atoms with Crippen molar-refractivity contribution in [2.75, 3.05) is 12.3 Å². The highest BCUT2D eigenvalue weighted by Crippen LogP contribution is 2.19. The monoisotopic (exact) mass is 281 g/mol. The molecule has 21 heavy (non-hydrogen) atoms. The van der Waals surface area contributed by atoms with Gasteiger partial charge in [-0.25, -0.2) is 0 Å². The Morgan fingerprint density at radius 2 is 1.86 bits per heavy atom. The highest BCUT2D eigenvalue weighted by Gasteiger charge is 2.04. The number of rotatable bonds is 4. The van der Waals surface area contributed by atoms with Crippen LogP contribution in [0.3, 0.4) is 0 Å². The second-order valence-corrected chi connectivity index (χ2v) is 4.64. The van der Waals surface area contributed by atoms with E-state index in [4.69, 9.17) is 10.5 Å². The molecular weight excluding hydrogens is 266 g/mol. The third kappa shape index (κ3) is 2.72. The number of anilines is 1. The number of benzene rings is 2. The molecule has 0 radical (unpaired) electrons. The minimum atomic E-state index is -0.0740. The molecule has 0 saturated heterocycles. The Hall–Kier alpha value is -2.82. The van der Waals surface area contributed by atoms with Crippen LogP contribution in [0.5, 0.6) is 5.75 Å². The van der Waals surface area contributed by atoms with E-state index in [0.717, 1.165) is 5.52 Å². The molecule has 0 aliphatic carbocycles. The SMILES string of the molecule is Nc1ccccc1OCCn1ncc(=O)c2ccccc21. The van der Waals surface area contributed by atoms with Crippen molar-refractivity contribution in [1.29, 1.82) is 0 Å². The topological polar surface area (TPSA) is 70.1 Å². The summed E-state index contributed by atoms with van der Waals surface area (Å²) in [4.78, 5) is 11.7. The van der Waals surface area contributed by atoms with E-state index in [9.17, 15) is 4.79 Å². The highest BCUT2D eigenvalue weighted by atomic mass is 16.5. The summed E-state index contributed by atoms with van der Waals surface area (Å²) in [5.41, 5.74) is 7.15. The Bertz CT molecular complexity index is 827. The van der Waals surface area contributed by atoms with E-state index < -0.39 is 0 Å². The lowest BCUT2D eigenvalue weighted by molar-refractivity contribution is 0.294. The average molecular weight is 281 g/mol. The summed E-state index contributed by atoms with van der Waals surface area (Å²) >= 11 is 0. The Morgan fingerprint density at radius 1 is 1.10 bits per heavy atom. The van der Waals surface area contributed by atoms with Crippen molar-refractivity contribution in [1.82, 2.24) is 9.78 Å². The maximum Gasteiger partial charge on any atom is 0.207 e. The number of nitrogen functional groups attached to an aromatic ring is 1. The van der Waals surface area contributed by atoms with Crippen LogP contribution in [-0.4, -0.2) is 16.4 Å². The largest absolute Gasteiger partial charge is 0.490 e. The van der Waals surface area contributed by atoms with Crippen LogP contribution in [0, 0.1) is 0 Å². The summed E-state index contributed by atoms with van der Waals surface area (Å²) in [5.74, 6) is 0.655. The third-order valence-electron chi connectivity index (χ3n) is 3.24. The standard InChI is InChI=1S/C16H15N3O2/c17-13-6-2-4-8-16(13)21-10-9-19-14-7-3-1-5-12(14)15(20)11-18-19/h1-8,11H,9-10,17H2. The Morgan fingerprint density at radius 3 is 2.71 bits per heavy atom. The van der Waals surface area contributed by atoms with Gasteiger partial charge in [-0.05, 0) is 24.3 Å². The predicted molar refractivity (Wildman–Crippen MR) is 82.4 cm³/mol. The molecule has 0 amide bonds. The Balaban J connectivity index is 1.79. The normalized spacial score (nSPS) is 10.7. The predicted octanol–water partition coefficient (Wildman–Crippen LogP) is 2.06. The smallest absolute Gasteiger partial charge is 0.207 e. The third-order valence-corrected chi connectivity index (χ3v) is 3.24. The van der Waals surface area contributed by atoms with Crippen molar-refractivity contribution in [3.8, 4) is 5.75 Å². The summed E-state index contributed by atoms with van der Waals surface area (Å²) in [7, 11) is 0. The van der Waals surface area contributed by atoms with Gasteiger partial charge in [-0.1, -0.05) is 24.3 Å². The molecule has 0 atom stereocenters. The lowest BCUT2D eigenvalue weighted by Gasteiger charge is -2.11. The molecule has 2 aromatic carbocycles. The molecule has 106 valence electrons. The molecule has 5 heteroatoms. The van der Waals surface area contributed by atoms with E-state index in [-0.39, 0.29) is 5.43 Å². The molecule has 3 aromatic rings. The van der Waals surface area contributed by atoms with Gasteiger partial charge >= 0.3 is 0 Å². The van der Waals surface area contributed by atoms with E-state index in [2.05, 4.69) is 5.10 Å². The first kappa shape index (κ1) is 13.2. The van der Waals surface area contributed by atoms with Crippen molar-refractivity contribution >= 4 is 16.6 Å². The van der Waals surface area contributed by atoms with Crippen LogP contribution >= 0.6 is 0 Å². The first-order chi connectivity index (χ1) is 10.3. The maximum atomic E-state index is 11.7. The van der Waals surface area contributed by atoms with Crippen molar-refractivity contribution in [2.24, 2.45) is 0 Å². The van der Waals surface area contributed by atoms with Crippen LogP contribution in [0.4, 0.5) is 5.69 Å². The second-order valence-electron chi connectivity index (χ2n) is 4.64. The first-order valence-corrected chi connectivity index (χ1v) is 6.68. The quantitative estimate of drug-likeness (QED) is 0.743. The number of nitrogens with zero attached hydrogens (tertiary/aromatic N) is 2. The molecule has 3 rings (SSSR count). The van der Waals surface area contributed by atoms with Gasteiger partial charge < -0.3 is 10.5 Å². The minimum Gasteiger partial charge on any atom is -0.490 e. The fraction of sp³-hybridized carbons (Fsp3) is 0.125. The van der Waals surface area contributed by atoms with E-state index in [1.165, 1.54) is 6.20 Å². The van der Waals surface area contributed by atoms with Crippen LogP contribution in [0.2, 0.25) is 0 Å². The summed E-state index contributed by atoms with van der Waals surface area (Å²) in [6.07, 6.45) is 1.33. The molecule has 0 bridgehead atoms. The van der Waals surface area contributed by atoms with Crippen LogP contribution in [0.15, 0.2) is 59.5 Å². The van der Waals surface area contributed by atoms with Crippen molar-refractivity contribution < 1.29 is 4.74 Å². The summed E-state index contributed by atoms with van der Waals surface area (Å²) in [6.45, 7) is 0.962. The number of ether oxygens (including phenoxy) is 1. The molecule has 5 nitrogen and oxygen atoms in total. The second kappa shape index (κ2) is 5.66. The van der Waals surface area contributed by atoms with Gasteiger partial charge in [0, 0.05) is 5.39 Å². The van der Waals surface area contributed by atoms with Crippen LogP contribution in [-0.2, 0) is 6.54 Å². The fourth-order valence-corrected chi connectivity index (χ4v) is 2.19. The lowest BCUT2D eigenvalue weighted by atomic mass is 10.2. The molecule has 0 spiro atoms. The number of fused-ring (bicyclic) bond motifs is 1. The van der Waals surface area contributed by atoms with Gasteiger partial charge in [0.15, 0.2) is 0 Å². The molecule has 0 fully saturated rings. The number of nitrogens with two attached hydrogens (primary N) is 1. The number of para-hydroxylation sites is 3. The molecule has 1 heterocycles. The number of aromatic nitrogens is 2. The van der Waals surface area contributed by atoms with Gasteiger partial charge in [-0.2, -0.15) is 5.10 Å². The van der Waals surface area contributed by atoms with Gasteiger partial charge in [0.25, 0.3) is 0 Å². The van der Waals surface area contributed by atoms with Gasteiger partial charge in [-0.15, -0.1) is 0 Å². The van der Waals surface area contributed by atoms with Gasteiger partial charge in [0.05, 0.1) is 23.9 Å². The fourth-order valence-electron chi connectivity index (χ4n) is 2.19. The van der Waals surface area contributed by atoms with Gasteiger partial charge in [0.1, 0.15) is 12.4 Å². The zero-order chi connectivity index (χ0) is 14.7. The first-order valence-electron chi connectivity index (χ1n) is 6.68. The van der Waals surface area contributed by atoms with E-state index >= 15 is 0 Å². The van der Waals surface area contributed by atoms with Crippen LogP contribution < -0.4 is 15.9 Å². The zero-order valence-corrected chi connectivity index (χ0v) is 11.4. The average Bonchev–Trinajstić information content (AvgIpc) is 2.52. The van der Waals surface area contributed by atoms with E-state index in [1.807, 2.05) is 36.4 Å². The van der Waals surface area contributed by atoms with E-state index in [1.54, 1.807) is 16.8 Å². The summed E-state index contributed by atoms with van der Waals surface area (Å²) in [6, 6.07) is 14.8. The maximum absolute atomic E-state index is 11.7. The van der Waals surface area contributed by atoms with Crippen molar-refractivity contribution in [3.63, 3.8) is 0 Å². The van der Waals surface area contributed by atoms with Crippen molar-refractivity contribution in [2.45, 2.75) is 6.54 Å². The van der Waals surface area contributed by atoms with Crippen molar-refractivity contribution in [3.05, 3.63) is 65.0 Å². The molecule has 2 N–H and O–H groups in total. The minimum absolute atomic E-state index is 0.0740. The van der Waals surface area contributed by atoms with Crippen LogP contribution in [0.1, 0.15) is 0 Å². The molecule has 1 aromatic heterocycles. The van der Waals surface area contributed by atoms with Gasteiger partial charge in [-0.3, -0.25) is 9.48 Å². The van der Waals surface area contributed by atoms with Crippen LogP contribution in [0.25, 0.3) is 10.9 Å². The Kier molecular flexibility index (Phi) is 3.55. The summed E-state index contributed by atoms with van der Waals surface area (Å²) in [5, 5.41) is 4.81. The zero-order valence-electron chi connectivity index (χ0n) is 11.4. The summed E-state index contributed by atoms with van der Waals surface area (Å²) < 4.78 is 7.42. The lowest BCUT2D eigenvalue weighted by Crippen LogP contribution is -2.16. The van der Waals surface area contributed by atoms with E-state index in [0.29, 0.717) is 30.0 Å². The molecular formula is C16H15N3O2. The molecule has 0 saturated carbocycles. The number of hydrogen-bond acceptors (Lipinski definition) is 4. The number of hydrogen-bond donors (Lipinski definition) is 1.